The van der Waals surface area contributed by atoms with Gasteiger partial charge in [0, 0.05) is 23.7 Å². The fraction of sp³-hybridized carbons (Fsp3) is 0.500. The summed E-state index contributed by atoms with van der Waals surface area (Å²) in [5.41, 5.74) is 2.36. The van der Waals surface area contributed by atoms with Crippen LogP contribution in [0.15, 0.2) is 23.1 Å². The van der Waals surface area contributed by atoms with Crippen LogP contribution in [0.25, 0.3) is 0 Å². The topological polar surface area (TPSA) is 49.0 Å². The molecule has 0 aromatic carbocycles. The van der Waals surface area contributed by atoms with Crippen molar-refractivity contribution >= 4 is 11.3 Å². The van der Waals surface area contributed by atoms with Gasteiger partial charge in [0.2, 0.25) is 5.56 Å². The molecule has 2 aromatic heterocycles. The first kappa shape index (κ1) is 14.5. The lowest BCUT2D eigenvalue weighted by molar-refractivity contribution is 0.206. The van der Waals surface area contributed by atoms with Crippen LogP contribution in [0.3, 0.4) is 0 Å². The van der Waals surface area contributed by atoms with E-state index in [1.807, 2.05) is 17.4 Å². The maximum absolute atomic E-state index is 11.4. The van der Waals surface area contributed by atoms with Crippen LogP contribution >= 0.6 is 11.3 Å². The molecule has 112 valence electrons. The van der Waals surface area contributed by atoms with Crippen molar-refractivity contribution in [3.8, 4) is 0 Å². The second kappa shape index (κ2) is 6.12. The van der Waals surface area contributed by atoms with E-state index < -0.39 is 0 Å². The van der Waals surface area contributed by atoms with Crippen LogP contribution < -0.4 is 5.56 Å². The SMILES string of the molecule is Cc1nc(C)c(CN2CCC(c3cc[nH]c(=O)c3)CC2)s1. The Bertz CT molecular complexity index is 668. The summed E-state index contributed by atoms with van der Waals surface area (Å²) in [6, 6.07) is 3.79. The van der Waals surface area contributed by atoms with Gasteiger partial charge < -0.3 is 4.98 Å². The highest BCUT2D eigenvalue weighted by Gasteiger charge is 2.21. The van der Waals surface area contributed by atoms with Crippen molar-refractivity contribution in [2.24, 2.45) is 0 Å². The van der Waals surface area contributed by atoms with Gasteiger partial charge in [0.25, 0.3) is 0 Å². The molecule has 3 rings (SSSR count). The number of aromatic nitrogens is 2. The predicted molar refractivity (Wildman–Crippen MR) is 85.9 cm³/mol. The van der Waals surface area contributed by atoms with E-state index in [2.05, 4.69) is 28.7 Å². The van der Waals surface area contributed by atoms with Crippen LogP contribution in [-0.2, 0) is 6.54 Å². The lowest BCUT2D eigenvalue weighted by Gasteiger charge is -2.31. The van der Waals surface area contributed by atoms with Gasteiger partial charge in [-0.25, -0.2) is 4.98 Å². The van der Waals surface area contributed by atoms with E-state index in [1.54, 1.807) is 12.3 Å². The lowest BCUT2D eigenvalue weighted by atomic mass is 9.90. The number of rotatable bonds is 3. The quantitative estimate of drug-likeness (QED) is 0.948. The van der Waals surface area contributed by atoms with Crippen molar-refractivity contribution in [1.82, 2.24) is 14.9 Å². The van der Waals surface area contributed by atoms with Crippen LogP contribution in [0.2, 0.25) is 0 Å². The Kier molecular flexibility index (Phi) is 4.22. The van der Waals surface area contributed by atoms with Crippen molar-refractivity contribution in [1.29, 1.82) is 0 Å². The molecule has 1 aliphatic rings. The zero-order chi connectivity index (χ0) is 14.8. The molecule has 1 fully saturated rings. The summed E-state index contributed by atoms with van der Waals surface area (Å²) in [6.07, 6.45) is 4.01. The molecule has 0 bridgehead atoms. The predicted octanol–water partition coefficient (Wildman–Crippen LogP) is 2.83. The van der Waals surface area contributed by atoms with Gasteiger partial charge in [-0.05, 0) is 57.3 Å². The molecule has 1 N–H and O–H groups in total. The molecule has 1 aliphatic heterocycles. The summed E-state index contributed by atoms with van der Waals surface area (Å²) in [5.74, 6) is 0.521. The largest absolute Gasteiger partial charge is 0.329 e. The maximum Gasteiger partial charge on any atom is 0.248 e. The van der Waals surface area contributed by atoms with Crippen molar-refractivity contribution in [3.05, 3.63) is 49.8 Å². The van der Waals surface area contributed by atoms with E-state index in [0.717, 1.165) is 37.5 Å². The van der Waals surface area contributed by atoms with Gasteiger partial charge >= 0.3 is 0 Å². The van der Waals surface area contributed by atoms with E-state index in [4.69, 9.17) is 0 Å². The highest BCUT2D eigenvalue weighted by atomic mass is 32.1. The van der Waals surface area contributed by atoms with Gasteiger partial charge in [-0.1, -0.05) is 0 Å². The third kappa shape index (κ3) is 3.41. The molecule has 0 unspecified atom stereocenters. The average Bonchev–Trinajstić information content (AvgIpc) is 2.78. The lowest BCUT2D eigenvalue weighted by Crippen LogP contribution is -2.32. The first-order valence-corrected chi connectivity index (χ1v) is 8.27. The first-order chi connectivity index (χ1) is 10.1. The highest BCUT2D eigenvalue weighted by Crippen LogP contribution is 2.28. The molecule has 21 heavy (non-hydrogen) atoms. The first-order valence-electron chi connectivity index (χ1n) is 7.46. The molecule has 0 spiro atoms. The summed E-state index contributed by atoms with van der Waals surface area (Å²) in [7, 11) is 0. The Hall–Kier alpha value is -1.46. The van der Waals surface area contributed by atoms with Gasteiger partial charge in [0.05, 0.1) is 10.7 Å². The summed E-state index contributed by atoms with van der Waals surface area (Å²) in [4.78, 5) is 22.5. The minimum absolute atomic E-state index is 0.00527. The van der Waals surface area contributed by atoms with Gasteiger partial charge in [-0.3, -0.25) is 9.69 Å². The van der Waals surface area contributed by atoms with Crippen molar-refractivity contribution in [2.75, 3.05) is 13.1 Å². The van der Waals surface area contributed by atoms with Crippen molar-refractivity contribution < 1.29 is 0 Å². The number of aromatic amines is 1. The number of thiazole rings is 1. The van der Waals surface area contributed by atoms with Gasteiger partial charge in [-0.15, -0.1) is 11.3 Å². The van der Waals surface area contributed by atoms with Crippen molar-refractivity contribution in [2.45, 2.75) is 39.2 Å². The molecule has 4 nitrogen and oxygen atoms in total. The summed E-state index contributed by atoms with van der Waals surface area (Å²) in [5, 5.41) is 1.15. The summed E-state index contributed by atoms with van der Waals surface area (Å²) >= 11 is 1.81. The molecule has 0 saturated carbocycles. The second-order valence-electron chi connectivity index (χ2n) is 5.78. The molecule has 3 heterocycles. The summed E-state index contributed by atoms with van der Waals surface area (Å²) < 4.78 is 0. The number of aryl methyl sites for hydroxylation is 2. The molecular formula is C16H21N3OS. The smallest absolute Gasteiger partial charge is 0.248 e. The molecule has 0 aliphatic carbocycles. The van der Waals surface area contributed by atoms with Crippen LogP contribution in [0.1, 0.15) is 39.9 Å². The minimum atomic E-state index is 0.00527. The standard InChI is InChI=1S/C16H21N3OS/c1-11-15(21-12(2)18-11)10-19-7-4-13(5-8-19)14-3-6-17-16(20)9-14/h3,6,9,13H,4-5,7-8,10H2,1-2H3,(H,17,20). The van der Waals surface area contributed by atoms with E-state index in [-0.39, 0.29) is 5.56 Å². The number of H-pyrrole nitrogens is 1. The van der Waals surface area contributed by atoms with Crippen LogP contribution in [0.5, 0.6) is 0 Å². The fourth-order valence-corrected chi connectivity index (χ4v) is 4.04. The summed E-state index contributed by atoms with van der Waals surface area (Å²) in [6.45, 7) is 7.36. The number of pyridine rings is 1. The van der Waals surface area contributed by atoms with Gasteiger partial charge in [0.15, 0.2) is 0 Å². The Morgan fingerprint density at radius 2 is 2.14 bits per heavy atom. The Morgan fingerprint density at radius 1 is 1.38 bits per heavy atom. The molecule has 2 aromatic rings. The molecule has 0 radical (unpaired) electrons. The second-order valence-corrected chi connectivity index (χ2v) is 7.07. The third-order valence-corrected chi connectivity index (χ3v) is 5.28. The maximum atomic E-state index is 11.4. The van der Waals surface area contributed by atoms with E-state index in [1.165, 1.54) is 16.1 Å². The Balaban J connectivity index is 1.60. The minimum Gasteiger partial charge on any atom is -0.329 e. The number of hydrogen-bond acceptors (Lipinski definition) is 4. The third-order valence-electron chi connectivity index (χ3n) is 4.22. The number of likely N-dealkylation sites (tertiary alicyclic amines) is 1. The number of nitrogens with one attached hydrogen (secondary N) is 1. The monoisotopic (exact) mass is 303 g/mol. The van der Waals surface area contributed by atoms with Crippen LogP contribution in [-0.4, -0.2) is 28.0 Å². The number of hydrogen-bond donors (Lipinski definition) is 1. The number of nitrogens with zero attached hydrogens (tertiary/aromatic N) is 2. The average molecular weight is 303 g/mol. The van der Waals surface area contributed by atoms with Gasteiger partial charge in [0.1, 0.15) is 0 Å². The van der Waals surface area contributed by atoms with Crippen molar-refractivity contribution in [3.63, 3.8) is 0 Å². The molecular weight excluding hydrogens is 282 g/mol. The zero-order valence-corrected chi connectivity index (χ0v) is 13.4. The van der Waals surface area contributed by atoms with Gasteiger partial charge in [-0.2, -0.15) is 0 Å². The molecule has 0 amide bonds. The van der Waals surface area contributed by atoms with E-state index in [0.29, 0.717) is 5.92 Å². The number of piperidine rings is 1. The van der Waals surface area contributed by atoms with E-state index >= 15 is 0 Å². The van der Waals surface area contributed by atoms with Crippen LogP contribution in [0.4, 0.5) is 0 Å². The normalized spacial score (nSPS) is 17.2. The Labute approximate surface area is 128 Å². The highest BCUT2D eigenvalue weighted by molar-refractivity contribution is 7.11. The zero-order valence-electron chi connectivity index (χ0n) is 12.6. The van der Waals surface area contributed by atoms with Crippen LogP contribution in [0, 0.1) is 13.8 Å². The molecule has 0 atom stereocenters. The Morgan fingerprint density at radius 3 is 2.76 bits per heavy atom. The fourth-order valence-electron chi connectivity index (χ4n) is 3.06. The van der Waals surface area contributed by atoms with E-state index in [9.17, 15) is 4.79 Å². The molecule has 1 saturated heterocycles. The molecule has 5 heteroatoms.